The predicted octanol–water partition coefficient (Wildman–Crippen LogP) is 5.06. The molecule has 0 bridgehead atoms. The summed E-state index contributed by atoms with van der Waals surface area (Å²) in [4.78, 5) is 12.5. The van der Waals surface area contributed by atoms with Gasteiger partial charge in [-0.25, -0.2) is 8.42 Å². The normalized spacial score (nSPS) is 11.0. The summed E-state index contributed by atoms with van der Waals surface area (Å²) < 4.78 is 33.0. The summed E-state index contributed by atoms with van der Waals surface area (Å²) in [6, 6.07) is 17.1. The van der Waals surface area contributed by atoms with Crippen LogP contribution in [-0.2, 0) is 10.0 Å². The number of carbonyl (C=O) groups excluding carboxylic acids is 1. The van der Waals surface area contributed by atoms with Crippen molar-refractivity contribution in [3.8, 4) is 5.75 Å². The monoisotopic (exact) mass is 450 g/mol. The lowest BCUT2D eigenvalue weighted by Gasteiger charge is -2.14. The third-order valence-corrected chi connectivity index (χ3v) is 6.03. The molecule has 0 aliphatic heterocycles. The third-order valence-electron chi connectivity index (χ3n) is 3.95. The van der Waals surface area contributed by atoms with E-state index in [0.717, 1.165) is 0 Å². The van der Waals surface area contributed by atoms with Crippen LogP contribution < -0.4 is 14.8 Å². The molecule has 0 heterocycles. The van der Waals surface area contributed by atoms with E-state index in [1.807, 2.05) is 0 Å². The van der Waals surface area contributed by atoms with Gasteiger partial charge in [-0.15, -0.1) is 0 Å². The maximum absolute atomic E-state index is 12.8. The second-order valence-corrected chi connectivity index (χ2v) is 8.40. The summed E-state index contributed by atoms with van der Waals surface area (Å²) in [7, 11) is -2.52. The summed E-state index contributed by atoms with van der Waals surface area (Å²) in [6.07, 6.45) is 0. The smallest absolute Gasteiger partial charge is 0.263 e. The first kappa shape index (κ1) is 21.0. The minimum absolute atomic E-state index is 0.0158. The van der Waals surface area contributed by atoms with Crippen molar-refractivity contribution in [2.75, 3.05) is 17.1 Å². The van der Waals surface area contributed by atoms with Crippen LogP contribution in [-0.4, -0.2) is 21.4 Å². The van der Waals surface area contributed by atoms with Crippen molar-refractivity contribution in [1.29, 1.82) is 0 Å². The molecule has 0 spiro atoms. The number of para-hydroxylation sites is 1. The van der Waals surface area contributed by atoms with Gasteiger partial charge >= 0.3 is 0 Å². The van der Waals surface area contributed by atoms with Crippen LogP contribution >= 0.6 is 23.2 Å². The number of sulfonamides is 1. The molecule has 29 heavy (non-hydrogen) atoms. The highest BCUT2D eigenvalue weighted by molar-refractivity contribution is 7.92. The number of carbonyl (C=O) groups is 1. The van der Waals surface area contributed by atoms with Gasteiger partial charge in [-0.1, -0.05) is 35.3 Å². The molecule has 6 nitrogen and oxygen atoms in total. The molecule has 0 saturated heterocycles. The molecule has 0 unspecified atom stereocenters. The fourth-order valence-electron chi connectivity index (χ4n) is 2.53. The van der Waals surface area contributed by atoms with Gasteiger partial charge in [-0.2, -0.15) is 0 Å². The van der Waals surface area contributed by atoms with Crippen LogP contribution in [0, 0.1) is 0 Å². The Labute approximate surface area is 178 Å². The molecule has 0 saturated carbocycles. The van der Waals surface area contributed by atoms with Gasteiger partial charge in [0.05, 0.1) is 23.4 Å². The maximum Gasteiger partial charge on any atom is 0.263 e. The van der Waals surface area contributed by atoms with E-state index in [1.54, 1.807) is 43.5 Å². The molecule has 2 N–H and O–H groups in total. The van der Waals surface area contributed by atoms with Gasteiger partial charge in [0.2, 0.25) is 0 Å². The van der Waals surface area contributed by atoms with Crippen molar-refractivity contribution in [2.45, 2.75) is 4.90 Å². The highest BCUT2D eigenvalue weighted by Crippen LogP contribution is 2.28. The Hall–Kier alpha value is -2.74. The first-order valence-electron chi connectivity index (χ1n) is 8.32. The molecule has 0 aromatic heterocycles. The van der Waals surface area contributed by atoms with Crippen LogP contribution in [0.4, 0.5) is 11.4 Å². The summed E-state index contributed by atoms with van der Waals surface area (Å²) >= 11 is 11.9. The molecule has 0 aliphatic rings. The van der Waals surface area contributed by atoms with Crippen molar-refractivity contribution in [2.24, 2.45) is 0 Å². The fourth-order valence-corrected chi connectivity index (χ4v) is 4.37. The van der Waals surface area contributed by atoms with Crippen LogP contribution in [0.3, 0.4) is 0 Å². The third kappa shape index (κ3) is 5.00. The first-order valence-corrected chi connectivity index (χ1v) is 10.6. The number of hydrogen-bond acceptors (Lipinski definition) is 4. The van der Waals surface area contributed by atoms with Crippen LogP contribution in [0.2, 0.25) is 10.0 Å². The standard InChI is InChI=1S/C20H16Cl2N2O4S/c1-28-15-9-7-14(8-10-15)23-20(25)16-4-2-3-5-18(16)24-29(26,27)19-12-13(21)6-11-17(19)22/h2-12,24H,1H3,(H,23,25). The van der Waals surface area contributed by atoms with Crippen LogP contribution in [0.1, 0.15) is 10.4 Å². The van der Waals surface area contributed by atoms with Crippen LogP contribution in [0.25, 0.3) is 0 Å². The molecule has 150 valence electrons. The highest BCUT2D eigenvalue weighted by Gasteiger charge is 2.21. The van der Waals surface area contributed by atoms with E-state index < -0.39 is 15.9 Å². The van der Waals surface area contributed by atoms with Gasteiger partial charge in [0.15, 0.2) is 0 Å². The SMILES string of the molecule is COc1ccc(NC(=O)c2ccccc2NS(=O)(=O)c2cc(Cl)ccc2Cl)cc1. The summed E-state index contributed by atoms with van der Waals surface area (Å²) in [6.45, 7) is 0. The molecule has 0 aliphatic carbocycles. The molecule has 1 amide bonds. The van der Waals surface area contributed by atoms with Crippen molar-refractivity contribution in [3.63, 3.8) is 0 Å². The number of halogens is 2. The zero-order valence-corrected chi connectivity index (χ0v) is 17.5. The predicted molar refractivity (Wildman–Crippen MR) is 115 cm³/mol. The Kier molecular flexibility index (Phi) is 6.32. The lowest BCUT2D eigenvalue weighted by molar-refractivity contribution is 0.102. The van der Waals surface area contributed by atoms with E-state index in [1.165, 1.54) is 30.3 Å². The Morgan fingerprint density at radius 3 is 2.34 bits per heavy atom. The Morgan fingerprint density at radius 1 is 0.966 bits per heavy atom. The molecular formula is C20H16Cl2N2O4S. The topological polar surface area (TPSA) is 84.5 Å². The van der Waals surface area contributed by atoms with Crippen molar-refractivity contribution >= 4 is 50.5 Å². The van der Waals surface area contributed by atoms with E-state index >= 15 is 0 Å². The van der Waals surface area contributed by atoms with E-state index in [9.17, 15) is 13.2 Å². The quantitative estimate of drug-likeness (QED) is 0.549. The number of rotatable bonds is 6. The van der Waals surface area contributed by atoms with E-state index in [-0.39, 0.29) is 26.2 Å². The minimum atomic E-state index is -4.07. The number of methoxy groups -OCH3 is 1. The van der Waals surface area contributed by atoms with Crippen LogP contribution in [0.5, 0.6) is 5.75 Å². The van der Waals surface area contributed by atoms with Gasteiger partial charge in [0, 0.05) is 10.7 Å². The number of amides is 1. The number of anilines is 2. The lowest BCUT2D eigenvalue weighted by atomic mass is 10.1. The van der Waals surface area contributed by atoms with Crippen molar-refractivity contribution < 1.29 is 17.9 Å². The Balaban J connectivity index is 1.88. The molecule has 0 radical (unpaired) electrons. The number of ether oxygens (including phenoxy) is 1. The van der Waals surface area contributed by atoms with Gasteiger partial charge in [0.25, 0.3) is 15.9 Å². The molecule has 3 aromatic rings. The zero-order valence-electron chi connectivity index (χ0n) is 15.1. The second-order valence-electron chi connectivity index (χ2n) is 5.91. The molecule has 0 fully saturated rings. The van der Waals surface area contributed by atoms with Gasteiger partial charge in [-0.05, 0) is 54.6 Å². The Morgan fingerprint density at radius 2 is 1.66 bits per heavy atom. The molecular weight excluding hydrogens is 435 g/mol. The van der Waals surface area contributed by atoms with Gasteiger partial charge in [-0.3, -0.25) is 9.52 Å². The second kappa shape index (κ2) is 8.73. The highest BCUT2D eigenvalue weighted by atomic mass is 35.5. The lowest BCUT2D eigenvalue weighted by Crippen LogP contribution is -2.19. The van der Waals surface area contributed by atoms with Gasteiger partial charge < -0.3 is 10.1 Å². The summed E-state index contributed by atoms with van der Waals surface area (Å²) in [5.74, 6) is 0.167. The Bertz CT molecular complexity index is 1150. The first-order chi connectivity index (χ1) is 13.8. The summed E-state index contributed by atoms with van der Waals surface area (Å²) in [5, 5.41) is 2.96. The fraction of sp³-hybridized carbons (Fsp3) is 0.0500. The minimum Gasteiger partial charge on any atom is -0.497 e. The average Bonchev–Trinajstić information content (AvgIpc) is 2.70. The van der Waals surface area contributed by atoms with E-state index in [2.05, 4.69) is 10.0 Å². The number of hydrogen-bond donors (Lipinski definition) is 2. The van der Waals surface area contributed by atoms with Crippen molar-refractivity contribution in [3.05, 3.63) is 82.3 Å². The average molecular weight is 451 g/mol. The van der Waals surface area contributed by atoms with Crippen LogP contribution in [0.15, 0.2) is 71.6 Å². The maximum atomic E-state index is 12.8. The van der Waals surface area contributed by atoms with E-state index in [4.69, 9.17) is 27.9 Å². The van der Waals surface area contributed by atoms with Crippen molar-refractivity contribution in [1.82, 2.24) is 0 Å². The molecule has 0 atom stereocenters. The molecule has 9 heteroatoms. The number of benzene rings is 3. The molecule has 3 rings (SSSR count). The van der Waals surface area contributed by atoms with E-state index in [0.29, 0.717) is 11.4 Å². The largest absolute Gasteiger partial charge is 0.497 e. The summed E-state index contributed by atoms with van der Waals surface area (Å²) in [5.41, 5.74) is 0.783. The zero-order chi connectivity index (χ0) is 21.0. The number of nitrogens with one attached hydrogen (secondary N) is 2. The molecule has 3 aromatic carbocycles. The van der Waals surface area contributed by atoms with Gasteiger partial charge in [0.1, 0.15) is 10.6 Å².